The van der Waals surface area contributed by atoms with E-state index in [9.17, 15) is 9.59 Å². The van der Waals surface area contributed by atoms with Crippen molar-refractivity contribution in [2.24, 2.45) is 0 Å². The van der Waals surface area contributed by atoms with Crippen LogP contribution in [0.1, 0.15) is 6.92 Å². The lowest BCUT2D eigenvalue weighted by Crippen LogP contribution is -2.52. The van der Waals surface area contributed by atoms with Gasteiger partial charge in [-0.3, -0.25) is 14.7 Å². The minimum absolute atomic E-state index is 0.251. The number of carbonyl (C=O) groups excluding carboxylic acids is 2. The SMILES string of the molecule is C=C(C)OC(=O)N1c2ccncc2NC(=O)C1CSC. The van der Waals surface area contributed by atoms with Crippen LogP contribution >= 0.6 is 11.8 Å². The second-order valence-electron chi connectivity index (χ2n) is 4.29. The minimum atomic E-state index is -0.619. The molecule has 1 aliphatic heterocycles. The van der Waals surface area contributed by atoms with Gasteiger partial charge >= 0.3 is 6.09 Å². The first-order valence-corrected chi connectivity index (χ1v) is 7.34. The summed E-state index contributed by atoms with van der Waals surface area (Å²) in [6.07, 6.45) is 4.33. The van der Waals surface area contributed by atoms with Gasteiger partial charge in [-0.2, -0.15) is 11.8 Å². The number of nitrogens with one attached hydrogen (secondary N) is 1. The summed E-state index contributed by atoms with van der Waals surface area (Å²) in [5, 5.41) is 2.75. The molecule has 6 nitrogen and oxygen atoms in total. The van der Waals surface area contributed by atoms with Crippen LogP contribution in [0, 0.1) is 0 Å². The van der Waals surface area contributed by atoms with Gasteiger partial charge in [0.15, 0.2) is 0 Å². The zero-order valence-corrected chi connectivity index (χ0v) is 12.1. The summed E-state index contributed by atoms with van der Waals surface area (Å²) in [5.41, 5.74) is 1.07. The van der Waals surface area contributed by atoms with Crippen LogP contribution in [0.15, 0.2) is 30.8 Å². The number of aromatic nitrogens is 1. The van der Waals surface area contributed by atoms with Gasteiger partial charge in [0.25, 0.3) is 0 Å². The van der Waals surface area contributed by atoms with E-state index in [4.69, 9.17) is 4.74 Å². The van der Waals surface area contributed by atoms with Gasteiger partial charge in [0.1, 0.15) is 6.04 Å². The van der Waals surface area contributed by atoms with E-state index in [0.717, 1.165) is 0 Å². The first-order chi connectivity index (χ1) is 9.54. The fourth-order valence-corrected chi connectivity index (χ4v) is 2.54. The molecule has 2 heterocycles. The molecule has 20 heavy (non-hydrogen) atoms. The van der Waals surface area contributed by atoms with Crippen molar-refractivity contribution in [3.8, 4) is 0 Å². The molecule has 0 radical (unpaired) electrons. The molecule has 0 saturated heterocycles. The summed E-state index contributed by atoms with van der Waals surface area (Å²) in [4.78, 5) is 29.6. The number of fused-ring (bicyclic) bond motifs is 1. The highest BCUT2D eigenvalue weighted by molar-refractivity contribution is 7.98. The van der Waals surface area contributed by atoms with Gasteiger partial charge in [-0.05, 0) is 19.2 Å². The van der Waals surface area contributed by atoms with Gasteiger partial charge in [-0.1, -0.05) is 6.58 Å². The Morgan fingerprint density at radius 1 is 1.65 bits per heavy atom. The van der Waals surface area contributed by atoms with E-state index in [-0.39, 0.29) is 11.7 Å². The van der Waals surface area contributed by atoms with E-state index in [1.165, 1.54) is 22.9 Å². The number of carbonyl (C=O) groups is 2. The van der Waals surface area contributed by atoms with Crippen molar-refractivity contribution >= 4 is 35.1 Å². The van der Waals surface area contributed by atoms with E-state index in [1.807, 2.05) is 6.26 Å². The lowest BCUT2D eigenvalue weighted by atomic mass is 10.1. The van der Waals surface area contributed by atoms with Crippen molar-refractivity contribution in [1.29, 1.82) is 0 Å². The summed E-state index contributed by atoms with van der Waals surface area (Å²) in [6.45, 7) is 5.13. The van der Waals surface area contributed by atoms with Gasteiger partial charge in [-0.25, -0.2) is 4.79 Å². The smallest absolute Gasteiger partial charge is 0.415 e. The number of thioether (sulfide) groups is 1. The molecule has 0 aliphatic carbocycles. The van der Waals surface area contributed by atoms with Crippen LogP contribution in [0.3, 0.4) is 0 Å². The van der Waals surface area contributed by atoms with Crippen molar-refractivity contribution in [3.05, 3.63) is 30.8 Å². The van der Waals surface area contributed by atoms with Crippen molar-refractivity contribution in [3.63, 3.8) is 0 Å². The number of ether oxygens (including phenoxy) is 1. The quantitative estimate of drug-likeness (QED) is 0.865. The third-order valence-electron chi connectivity index (χ3n) is 2.71. The molecular weight excluding hydrogens is 278 g/mol. The van der Waals surface area contributed by atoms with E-state index in [1.54, 1.807) is 19.2 Å². The molecule has 106 valence electrons. The second kappa shape index (κ2) is 5.96. The molecule has 1 aliphatic rings. The first-order valence-electron chi connectivity index (χ1n) is 5.95. The third-order valence-corrected chi connectivity index (χ3v) is 3.36. The lowest BCUT2D eigenvalue weighted by Gasteiger charge is -2.34. The van der Waals surface area contributed by atoms with Crippen molar-refractivity contribution in [2.75, 3.05) is 22.2 Å². The van der Waals surface area contributed by atoms with Gasteiger partial charge < -0.3 is 10.1 Å². The van der Waals surface area contributed by atoms with Gasteiger partial charge in [0.05, 0.1) is 23.3 Å². The van der Waals surface area contributed by atoms with Crippen LogP contribution in [-0.4, -0.2) is 35.0 Å². The van der Waals surface area contributed by atoms with Crippen molar-refractivity contribution in [2.45, 2.75) is 13.0 Å². The standard InChI is InChI=1S/C13H15N3O3S/c1-8(2)19-13(18)16-10-4-5-14-6-9(10)15-12(17)11(16)7-20-3/h4-6,11H,1,7H2,2-3H3,(H,15,17). The molecule has 7 heteroatoms. The van der Waals surface area contributed by atoms with Crippen molar-refractivity contribution in [1.82, 2.24) is 4.98 Å². The van der Waals surface area contributed by atoms with Crippen LogP contribution in [0.4, 0.5) is 16.2 Å². The highest BCUT2D eigenvalue weighted by Crippen LogP contribution is 2.32. The highest BCUT2D eigenvalue weighted by atomic mass is 32.2. The predicted octanol–water partition coefficient (Wildman–Crippen LogP) is 2.24. The van der Waals surface area contributed by atoms with E-state index >= 15 is 0 Å². The van der Waals surface area contributed by atoms with Crippen molar-refractivity contribution < 1.29 is 14.3 Å². The van der Waals surface area contributed by atoms with E-state index in [2.05, 4.69) is 16.9 Å². The Morgan fingerprint density at radius 3 is 3.05 bits per heavy atom. The Morgan fingerprint density at radius 2 is 2.40 bits per heavy atom. The molecule has 1 atom stereocenters. The number of amides is 2. The Balaban J connectivity index is 2.42. The number of pyridine rings is 1. The zero-order chi connectivity index (χ0) is 14.7. The number of allylic oxidation sites excluding steroid dienone is 1. The van der Waals surface area contributed by atoms with Gasteiger partial charge in [-0.15, -0.1) is 0 Å². The summed E-state index contributed by atoms with van der Waals surface area (Å²) in [5.74, 6) is 0.497. The number of anilines is 2. The molecule has 0 fully saturated rings. The third kappa shape index (κ3) is 2.77. The van der Waals surface area contributed by atoms with E-state index in [0.29, 0.717) is 17.1 Å². The fraction of sp³-hybridized carbons (Fsp3) is 0.308. The molecule has 2 rings (SSSR count). The molecule has 0 bridgehead atoms. The summed E-state index contributed by atoms with van der Waals surface area (Å²) in [7, 11) is 0. The van der Waals surface area contributed by atoms with E-state index < -0.39 is 12.1 Å². The second-order valence-corrected chi connectivity index (χ2v) is 5.20. The maximum atomic E-state index is 12.2. The monoisotopic (exact) mass is 293 g/mol. The average Bonchev–Trinajstić information content (AvgIpc) is 2.38. The maximum Gasteiger partial charge on any atom is 0.420 e. The minimum Gasteiger partial charge on any atom is -0.415 e. The Hall–Kier alpha value is -2.02. The Kier molecular flexibility index (Phi) is 4.29. The molecule has 0 spiro atoms. The van der Waals surface area contributed by atoms with Gasteiger partial charge in [0, 0.05) is 11.9 Å². The molecule has 2 amide bonds. The highest BCUT2D eigenvalue weighted by Gasteiger charge is 2.37. The number of hydrogen-bond donors (Lipinski definition) is 1. The van der Waals surface area contributed by atoms with Crippen LogP contribution in [0.5, 0.6) is 0 Å². The zero-order valence-electron chi connectivity index (χ0n) is 11.3. The average molecular weight is 293 g/mol. The molecule has 1 N–H and O–H groups in total. The first kappa shape index (κ1) is 14.4. The van der Waals surface area contributed by atoms with Gasteiger partial charge in [0.2, 0.25) is 5.91 Å². The van der Waals surface area contributed by atoms with Crippen LogP contribution in [0.25, 0.3) is 0 Å². The summed E-state index contributed by atoms with van der Waals surface area (Å²) in [6, 6.07) is 1.05. The lowest BCUT2D eigenvalue weighted by molar-refractivity contribution is -0.117. The maximum absolute atomic E-state index is 12.2. The van der Waals surface area contributed by atoms with Crippen LogP contribution < -0.4 is 10.2 Å². The molecule has 1 unspecified atom stereocenters. The predicted molar refractivity (Wildman–Crippen MR) is 78.8 cm³/mol. The van der Waals surface area contributed by atoms with Crippen LogP contribution in [0.2, 0.25) is 0 Å². The number of nitrogens with zero attached hydrogens (tertiary/aromatic N) is 2. The van der Waals surface area contributed by atoms with Crippen LogP contribution in [-0.2, 0) is 9.53 Å². The molecule has 0 aromatic carbocycles. The summed E-state index contributed by atoms with van der Waals surface area (Å²) < 4.78 is 5.05. The topological polar surface area (TPSA) is 71.5 Å². The summed E-state index contributed by atoms with van der Waals surface area (Å²) >= 11 is 1.48. The molecule has 1 aromatic heterocycles. The largest absolute Gasteiger partial charge is 0.420 e. The fourth-order valence-electron chi connectivity index (χ4n) is 1.93. The molecule has 1 aromatic rings. The Bertz CT molecular complexity index is 562. The Labute approximate surface area is 121 Å². The number of hydrogen-bond acceptors (Lipinski definition) is 5. The number of rotatable bonds is 3. The molecule has 0 saturated carbocycles. The molecular formula is C13H15N3O3S. The normalized spacial score (nSPS) is 17.2.